The van der Waals surface area contributed by atoms with E-state index in [1.54, 1.807) is 13.2 Å². The van der Waals surface area contributed by atoms with E-state index in [1.807, 2.05) is 16.9 Å². The normalized spacial score (nSPS) is 11.7. The fourth-order valence-corrected chi connectivity index (χ4v) is 3.10. The molecule has 0 aliphatic carbocycles. The Hall–Kier alpha value is -3.12. The average Bonchev–Trinajstić information content (AvgIpc) is 3.26. The maximum Gasteiger partial charge on any atom is 0.191 e. The summed E-state index contributed by atoms with van der Waals surface area (Å²) in [7, 11) is 5.96. The van der Waals surface area contributed by atoms with E-state index >= 15 is 0 Å². The minimum atomic E-state index is 0.750. The van der Waals surface area contributed by atoms with E-state index in [-0.39, 0.29) is 0 Å². The first-order valence-corrected chi connectivity index (χ1v) is 9.90. The fourth-order valence-electron chi connectivity index (χ4n) is 3.10. The number of nitrogens with zero attached hydrogens (tertiary/aromatic N) is 4. The molecule has 0 spiro atoms. The van der Waals surface area contributed by atoms with Crippen LogP contribution < -0.4 is 10.6 Å². The van der Waals surface area contributed by atoms with Gasteiger partial charge in [-0.3, -0.25) is 4.99 Å². The van der Waals surface area contributed by atoms with Crippen molar-refractivity contribution in [3.05, 3.63) is 83.7 Å². The molecule has 6 nitrogen and oxygen atoms in total. The third-order valence-electron chi connectivity index (χ3n) is 4.62. The van der Waals surface area contributed by atoms with Gasteiger partial charge in [-0.1, -0.05) is 36.4 Å². The topological polar surface area (TPSA) is 57.5 Å². The summed E-state index contributed by atoms with van der Waals surface area (Å²) >= 11 is 0. The molecule has 0 fully saturated rings. The fraction of sp³-hybridized carbons (Fsp3) is 0.304. The van der Waals surface area contributed by atoms with Crippen molar-refractivity contribution in [3.8, 4) is 5.69 Å². The molecule has 152 valence electrons. The first kappa shape index (κ1) is 20.6. The molecule has 0 atom stereocenters. The van der Waals surface area contributed by atoms with Crippen molar-refractivity contribution in [2.75, 3.05) is 27.7 Å². The van der Waals surface area contributed by atoms with Gasteiger partial charge in [0.2, 0.25) is 0 Å². The highest BCUT2D eigenvalue weighted by Crippen LogP contribution is 2.09. The highest BCUT2D eigenvalue weighted by atomic mass is 15.3. The summed E-state index contributed by atoms with van der Waals surface area (Å²) in [5, 5.41) is 11.0. The second-order valence-corrected chi connectivity index (χ2v) is 7.27. The van der Waals surface area contributed by atoms with E-state index in [2.05, 4.69) is 88.3 Å². The molecule has 29 heavy (non-hydrogen) atoms. The van der Waals surface area contributed by atoms with Gasteiger partial charge in [-0.15, -0.1) is 0 Å². The predicted molar refractivity (Wildman–Crippen MR) is 119 cm³/mol. The van der Waals surface area contributed by atoms with Gasteiger partial charge in [0.05, 0.1) is 5.69 Å². The summed E-state index contributed by atoms with van der Waals surface area (Å²) in [4.78, 5) is 6.49. The summed E-state index contributed by atoms with van der Waals surface area (Å²) < 4.78 is 1.86. The van der Waals surface area contributed by atoms with E-state index in [0.717, 1.165) is 37.7 Å². The number of aromatic nitrogens is 2. The standard InChI is InChI=1S/C23H30N6/c1-24-23(26-17-20-5-7-21(8-6-20)18-28(2)3)25-15-13-19-9-11-22(12-10-19)29-16-4-14-27-29/h4-12,14,16H,13,15,17-18H2,1-3H3,(H2,24,25,26). The van der Waals surface area contributed by atoms with Crippen molar-refractivity contribution in [3.63, 3.8) is 0 Å². The zero-order valence-corrected chi connectivity index (χ0v) is 17.5. The number of aliphatic imine (C=N–C) groups is 1. The Kier molecular flexibility index (Phi) is 7.41. The predicted octanol–water partition coefficient (Wildman–Crippen LogP) is 2.84. The van der Waals surface area contributed by atoms with Crippen molar-refractivity contribution in [2.45, 2.75) is 19.5 Å². The van der Waals surface area contributed by atoms with Crippen LogP contribution >= 0.6 is 0 Å². The molecule has 3 aromatic rings. The minimum Gasteiger partial charge on any atom is -0.356 e. The first-order chi connectivity index (χ1) is 14.1. The third-order valence-corrected chi connectivity index (χ3v) is 4.62. The molecule has 0 bridgehead atoms. The Balaban J connectivity index is 1.42. The van der Waals surface area contributed by atoms with Gasteiger partial charge in [0.1, 0.15) is 0 Å². The van der Waals surface area contributed by atoms with Gasteiger partial charge in [0.25, 0.3) is 0 Å². The quantitative estimate of drug-likeness (QED) is 0.459. The van der Waals surface area contributed by atoms with Crippen LogP contribution in [0.2, 0.25) is 0 Å². The van der Waals surface area contributed by atoms with Crippen LogP contribution in [0.1, 0.15) is 16.7 Å². The lowest BCUT2D eigenvalue weighted by molar-refractivity contribution is 0.402. The van der Waals surface area contributed by atoms with Crippen LogP contribution in [-0.4, -0.2) is 48.3 Å². The molecule has 0 saturated heterocycles. The summed E-state index contributed by atoms with van der Waals surface area (Å²) in [5.74, 6) is 0.815. The molecule has 0 radical (unpaired) electrons. The highest BCUT2D eigenvalue weighted by Gasteiger charge is 2.01. The smallest absolute Gasteiger partial charge is 0.191 e. The minimum absolute atomic E-state index is 0.750. The van der Waals surface area contributed by atoms with Crippen molar-refractivity contribution < 1.29 is 0 Å². The molecule has 1 aromatic heterocycles. The zero-order chi connectivity index (χ0) is 20.5. The Bertz CT molecular complexity index is 880. The largest absolute Gasteiger partial charge is 0.356 e. The van der Waals surface area contributed by atoms with Crippen LogP contribution in [-0.2, 0) is 19.5 Å². The van der Waals surface area contributed by atoms with Gasteiger partial charge in [0.15, 0.2) is 5.96 Å². The van der Waals surface area contributed by atoms with E-state index < -0.39 is 0 Å². The van der Waals surface area contributed by atoms with Crippen LogP contribution in [0.25, 0.3) is 5.69 Å². The lowest BCUT2D eigenvalue weighted by Gasteiger charge is -2.13. The Labute approximate surface area is 173 Å². The van der Waals surface area contributed by atoms with Crippen molar-refractivity contribution >= 4 is 5.96 Å². The molecule has 6 heteroatoms. The molecule has 2 aromatic carbocycles. The summed E-state index contributed by atoms with van der Waals surface area (Å²) in [6.45, 7) is 2.53. The van der Waals surface area contributed by atoms with Crippen LogP contribution in [0.5, 0.6) is 0 Å². The first-order valence-electron chi connectivity index (χ1n) is 9.90. The van der Waals surface area contributed by atoms with Gasteiger partial charge in [-0.25, -0.2) is 4.68 Å². The van der Waals surface area contributed by atoms with Gasteiger partial charge in [-0.05, 0) is 55.4 Å². The third kappa shape index (κ3) is 6.47. The highest BCUT2D eigenvalue weighted by molar-refractivity contribution is 5.79. The summed E-state index contributed by atoms with van der Waals surface area (Å²) in [6.07, 6.45) is 4.66. The second kappa shape index (κ2) is 10.4. The second-order valence-electron chi connectivity index (χ2n) is 7.27. The van der Waals surface area contributed by atoms with Crippen molar-refractivity contribution in [2.24, 2.45) is 4.99 Å². The molecule has 0 aliphatic rings. The average molecular weight is 391 g/mol. The molecular formula is C23H30N6. The lowest BCUT2D eigenvalue weighted by Crippen LogP contribution is -2.37. The van der Waals surface area contributed by atoms with Crippen molar-refractivity contribution in [1.82, 2.24) is 25.3 Å². The molecule has 0 amide bonds. The number of nitrogens with one attached hydrogen (secondary N) is 2. The van der Waals surface area contributed by atoms with E-state index in [9.17, 15) is 0 Å². The monoisotopic (exact) mass is 390 g/mol. The number of hydrogen-bond donors (Lipinski definition) is 2. The van der Waals surface area contributed by atoms with Crippen LogP contribution in [0.4, 0.5) is 0 Å². The van der Waals surface area contributed by atoms with Gasteiger partial charge < -0.3 is 15.5 Å². The zero-order valence-electron chi connectivity index (χ0n) is 17.5. The summed E-state index contributed by atoms with van der Waals surface area (Å²) in [5.41, 5.74) is 4.91. The van der Waals surface area contributed by atoms with Crippen LogP contribution in [0.3, 0.4) is 0 Å². The summed E-state index contributed by atoms with van der Waals surface area (Å²) in [6, 6.07) is 19.1. The SMILES string of the molecule is CN=C(NCCc1ccc(-n2cccn2)cc1)NCc1ccc(CN(C)C)cc1. The van der Waals surface area contributed by atoms with Gasteiger partial charge in [0, 0.05) is 39.1 Å². The number of hydrogen-bond acceptors (Lipinski definition) is 3. The molecule has 2 N–H and O–H groups in total. The molecule has 0 aliphatic heterocycles. The van der Waals surface area contributed by atoms with Crippen LogP contribution in [0, 0.1) is 0 Å². The molecule has 0 saturated carbocycles. The number of benzene rings is 2. The molecule has 0 unspecified atom stereocenters. The molecule has 3 rings (SSSR count). The van der Waals surface area contributed by atoms with E-state index in [4.69, 9.17) is 0 Å². The maximum absolute atomic E-state index is 4.32. The number of rotatable bonds is 8. The van der Waals surface area contributed by atoms with Crippen LogP contribution in [0.15, 0.2) is 72.0 Å². The van der Waals surface area contributed by atoms with E-state index in [1.165, 1.54) is 16.7 Å². The maximum atomic E-state index is 4.32. The molecular weight excluding hydrogens is 360 g/mol. The van der Waals surface area contributed by atoms with Gasteiger partial charge in [-0.2, -0.15) is 5.10 Å². The van der Waals surface area contributed by atoms with Crippen molar-refractivity contribution in [1.29, 1.82) is 0 Å². The number of guanidine groups is 1. The Morgan fingerprint density at radius 3 is 2.28 bits per heavy atom. The lowest BCUT2D eigenvalue weighted by atomic mass is 10.1. The van der Waals surface area contributed by atoms with E-state index in [0.29, 0.717) is 0 Å². The Morgan fingerprint density at radius 2 is 1.66 bits per heavy atom. The Morgan fingerprint density at radius 1 is 0.966 bits per heavy atom. The molecule has 1 heterocycles. The van der Waals surface area contributed by atoms with Gasteiger partial charge >= 0.3 is 0 Å².